The number of hydrogen-bond donors (Lipinski definition) is 1. The average molecular weight is 310 g/mol. The zero-order valence-electron chi connectivity index (χ0n) is 13.6. The van der Waals surface area contributed by atoms with Crippen molar-refractivity contribution in [1.82, 2.24) is 4.90 Å². The summed E-state index contributed by atoms with van der Waals surface area (Å²) in [7, 11) is 1.61. The number of aryl methyl sites for hydroxylation is 1. The molecule has 2 aromatic carbocycles. The minimum atomic E-state index is -0.00622. The SMILES string of the molecule is COc1ccc(C)cc1NC(=O)CN1CCc2ccccc2C1. The second-order valence-corrected chi connectivity index (χ2v) is 5.98. The van der Waals surface area contributed by atoms with Crippen molar-refractivity contribution in [2.24, 2.45) is 0 Å². The third-order valence-corrected chi connectivity index (χ3v) is 4.21. The lowest BCUT2D eigenvalue weighted by molar-refractivity contribution is -0.117. The van der Waals surface area contributed by atoms with E-state index in [1.807, 2.05) is 25.1 Å². The van der Waals surface area contributed by atoms with E-state index in [1.54, 1.807) is 7.11 Å². The molecule has 0 unspecified atom stereocenters. The number of carbonyl (C=O) groups is 1. The molecule has 0 bridgehead atoms. The van der Waals surface area contributed by atoms with Crippen LogP contribution in [-0.4, -0.2) is 31.0 Å². The summed E-state index contributed by atoms with van der Waals surface area (Å²) in [5.41, 5.74) is 4.53. The lowest BCUT2D eigenvalue weighted by Gasteiger charge is -2.28. The molecule has 4 nitrogen and oxygen atoms in total. The van der Waals surface area contributed by atoms with Crippen LogP contribution >= 0.6 is 0 Å². The number of rotatable bonds is 4. The number of fused-ring (bicyclic) bond motifs is 1. The average Bonchev–Trinajstić information content (AvgIpc) is 2.55. The molecule has 0 fully saturated rings. The minimum absolute atomic E-state index is 0.00622. The zero-order valence-corrected chi connectivity index (χ0v) is 13.6. The van der Waals surface area contributed by atoms with Crippen LogP contribution in [0.5, 0.6) is 5.75 Å². The van der Waals surface area contributed by atoms with Gasteiger partial charge in [0.2, 0.25) is 5.91 Å². The predicted molar refractivity (Wildman–Crippen MR) is 91.8 cm³/mol. The lowest BCUT2D eigenvalue weighted by atomic mass is 10.00. The summed E-state index contributed by atoms with van der Waals surface area (Å²) in [6.45, 7) is 4.13. The molecule has 23 heavy (non-hydrogen) atoms. The van der Waals surface area contributed by atoms with Gasteiger partial charge in [-0.05, 0) is 42.2 Å². The third-order valence-electron chi connectivity index (χ3n) is 4.21. The summed E-state index contributed by atoms with van der Waals surface area (Å²) in [6, 6.07) is 14.2. The highest BCUT2D eigenvalue weighted by Crippen LogP contribution is 2.25. The van der Waals surface area contributed by atoms with Crippen LogP contribution in [0.4, 0.5) is 5.69 Å². The molecule has 0 aromatic heterocycles. The fourth-order valence-corrected chi connectivity index (χ4v) is 3.00. The Labute approximate surface area is 137 Å². The van der Waals surface area contributed by atoms with Crippen LogP contribution in [0.3, 0.4) is 0 Å². The Bertz CT molecular complexity index is 712. The molecule has 120 valence electrons. The predicted octanol–water partition coefficient (Wildman–Crippen LogP) is 3.00. The quantitative estimate of drug-likeness (QED) is 0.944. The molecule has 0 saturated heterocycles. The van der Waals surface area contributed by atoms with E-state index in [1.165, 1.54) is 11.1 Å². The first kappa shape index (κ1) is 15.6. The lowest BCUT2D eigenvalue weighted by Crippen LogP contribution is -2.37. The van der Waals surface area contributed by atoms with Gasteiger partial charge >= 0.3 is 0 Å². The number of nitrogens with one attached hydrogen (secondary N) is 1. The normalized spacial score (nSPS) is 14.2. The van der Waals surface area contributed by atoms with E-state index in [4.69, 9.17) is 4.74 Å². The van der Waals surface area contributed by atoms with Gasteiger partial charge in [0, 0.05) is 13.1 Å². The Balaban J connectivity index is 1.63. The number of anilines is 1. The van der Waals surface area contributed by atoms with Crippen LogP contribution in [0.25, 0.3) is 0 Å². The van der Waals surface area contributed by atoms with Crippen LogP contribution in [0.2, 0.25) is 0 Å². The number of hydrogen-bond acceptors (Lipinski definition) is 3. The number of carbonyl (C=O) groups excluding carboxylic acids is 1. The summed E-state index contributed by atoms with van der Waals surface area (Å²) in [5, 5.41) is 2.97. The van der Waals surface area contributed by atoms with Gasteiger partial charge in [-0.2, -0.15) is 0 Å². The Morgan fingerprint density at radius 2 is 2.00 bits per heavy atom. The van der Waals surface area contributed by atoms with Gasteiger partial charge in [0.05, 0.1) is 19.3 Å². The second-order valence-electron chi connectivity index (χ2n) is 5.98. The Morgan fingerprint density at radius 3 is 2.78 bits per heavy atom. The van der Waals surface area contributed by atoms with Crippen molar-refractivity contribution in [3.63, 3.8) is 0 Å². The van der Waals surface area contributed by atoms with E-state index in [0.29, 0.717) is 12.3 Å². The first-order chi connectivity index (χ1) is 11.2. The molecule has 1 N–H and O–H groups in total. The molecule has 4 heteroatoms. The molecule has 0 saturated carbocycles. The molecule has 0 radical (unpaired) electrons. The van der Waals surface area contributed by atoms with Gasteiger partial charge in [-0.1, -0.05) is 30.3 Å². The maximum Gasteiger partial charge on any atom is 0.238 e. The van der Waals surface area contributed by atoms with Crippen molar-refractivity contribution in [2.75, 3.05) is 25.5 Å². The second kappa shape index (κ2) is 6.84. The van der Waals surface area contributed by atoms with E-state index >= 15 is 0 Å². The molecule has 1 heterocycles. The van der Waals surface area contributed by atoms with E-state index < -0.39 is 0 Å². The smallest absolute Gasteiger partial charge is 0.238 e. The van der Waals surface area contributed by atoms with Gasteiger partial charge in [-0.15, -0.1) is 0 Å². The van der Waals surface area contributed by atoms with Crippen molar-refractivity contribution >= 4 is 11.6 Å². The van der Waals surface area contributed by atoms with Crippen LogP contribution < -0.4 is 10.1 Å². The third kappa shape index (κ3) is 3.71. The van der Waals surface area contributed by atoms with Gasteiger partial charge in [-0.25, -0.2) is 0 Å². The summed E-state index contributed by atoms with van der Waals surface area (Å²) >= 11 is 0. The van der Waals surface area contributed by atoms with Gasteiger partial charge in [0.25, 0.3) is 0 Å². The molecule has 0 aliphatic carbocycles. The maximum absolute atomic E-state index is 12.4. The van der Waals surface area contributed by atoms with Crippen molar-refractivity contribution in [2.45, 2.75) is 19.9 Å². The topological polar surface area (TPSA) is 41.6 Å². The monoisotopic (exact) mass is 310 g/mol. The van der Waals surface area contributed by atoms with Crippen molar-refractivity contribution < 1.29 is 9.53 Å². The largest absolute Gasteiger partial charge is 0.495 e. The van der Waals surface area contributed by atoms with Crippen LogP contribution in [0.15, 0.2) is 42.5 Å². The molecule has 2 aromatic rings. The van der Waals surface area contributed by atoms with Crippen molar-refractivity contribution in [3.05, 3.63) is 59.2 Å². The maximum atomic E-state index is 12.4. The molecular weight excluding hydrogens is 288 g/mol. The standard InChI is InChI=1S/C19H22N2O2/c1-14-7-8-18(23-2)17(11-14)20-19(22)13-21-10-9-15-5-3-4-6-16(15)12-21/h3-8,11H,9-10,12-13H2,1-2H3,(H,20,22). The van der Waals surface area contributed by atoms with Crippen LogP contribution in [-0.2, 0) is 17.8 Å². The van der Waals surface area contributed by atoms with Gasteiger partial charge in [0.1, 0.15) is 5.75 Å². The molecule has 1 aliphatic heterocycles. The summed E-state index contributed by atoms with van der Waals surface area (Å²) < 4.78 is 5.31. The van der Waals surface area contributed by atoms with Crippen molar-refractivity contribution in [3.8, 4) is 5.75 Å². The highest BCUT2D eigenvalue weighted by molar-refractivity contribution is 5.93. The Kier molecular flexibility index (Phi) is 4.63. The number of benzene rings is 2. The number of nitrogens with zero attached hydrogens (tertiary/aromatic N) is 1. The minimum Gasteiger partial charge on any atom is -0.495 e. The Hall–Kier alpha value is -2.33. The van der Waals surface area contributed by atoms with Crippen molar-refractivity contribution in [1.29, 1.82) is 0 Å². The van der Waals surface area contributed by atoms with E-state index in [9.17, 15) is 4.79 Å². The molecule has 3 rings (SSSR count). The molecular formula is C19H22N2O2. The van der Waals surface area contributed by atoms with Gasteiger partial charge in [-0.3, -0.25) is 9.69 Å². The number of methoxy groups -OCH3 is 1. The fraction of sp³-hybridized carbons (Fsp3) is 0.316. The molecule has 0 atom stereocenters. The first-order valence-corrected chi connectivity index (χ1v) is 7.89. The molecule has 1 aliphatic rings. The summed E-state index contributed by atoms with van der Waals surface area (Å²) in [4.78, 5) is 14.5. The van der Waals surface area contributed by atoms with Gasteiger partial charge in [0.15, 0.2) is 0 Å². The number of ether oxygens (including phenoxy) is 1. The first-order valence-electron chi connectivity index (χ1n) is 7.89. The van der Waals surface area contributed by atoms with Gasteiger partial charge < -0.3 is 10.1 Å². The number of amides is 1. The van der Waals surface area contributed by atoms with Crippen LogP contribution in [0.1, 0.15) is 16.7 Å². The van der Waals surface area contributed by atoms with Crippen LogP contribution in [0, 0.1) is 6.92 Å². The Morgan fingerprint density at radius 1 is 1.22 bits per heavy atom. The highest BCUT2D eigenvalue weighted by Gasteiger charge is 2.18. The molecule has 0 spiro atoms. The highest BCUT2D eigenvalue weighted by atomic mass is 16.5. The summed E-state index contributed by atoms with van der Waals surface area (Å²) in [5.74, 6) is 0.682. The van der Waals surface area contributed by atoms with E-state index in [2.05, 4.69) is 34.5 Å². The molecule has 1 amide bonds. The fourth-order valence-electron chi connectivity index (χ4n) is 3.00. The van der Waals surface area contributed by atoms with E-state index in [0.717, 1.165) is 30.8 Å². The summed E-state index contributed by atoms with van der Waals surface area (Å²) in [6.07, 6.45) is 0.997. The zero-order chi connectivity index (χ0) is 16.2. The van der Waals surface area contributed by atoms with E-state index in [-0.39, 0.29) is 5.91 Å².